The van der Waals surface area contributed by atoms with Gasteiger partial charge in [0.15, 0.2) is 5.41 Å². The van der Waals surface area contributed by atoms with Crippen LogP contribution in [0.25, 0.3) is 0 Å². The molecule has 0 amide bonds. The minimum Gasteiger partial charge on any atom is -0.447 e. The van der Waals surface area contributed by atoms with Crippen LogP contribution in [0.15, 0.2) is 54.6 Å². The third-order valence-corrected chi connectivity index (χ3v) is 5.80. The van der Waals surface area contributed by atoms with Crippen LogP contribution in [0.2, 0.25) is 0 Å². The first-order valence-corrected chi connectivity index (χ1v) is 8.88. The highest BCUT2D eigenvalue weighted by atomic mass is 19.1. The molecule has 2 aromatic rings. The molecule has 0 radical (unpaired) electrons. The first-order valence-electron chi connectivity index (χ1n) is 8.88. The Morgan fingerprint density at radius 3 is 2.21 bits per heavy atom. The van der Waals surface area contributed by atoms with Crippen LogP contribution in [0.1, 0.15) is 30.1 Å². The van der Waals surface area contributed by atoms with Crippen LogP contribution in [0, 0.1) is 56.0 Å². The average molecular weight is 386 g/mol. The smallest absolute Gasteiger partial charge is 0.218 e. The summed E-state index contributed by atoms with van der Waals surface area (Å²) in [4.78, 5) is 0. The third-order valence-electron chi connectivity index (χ3n) is 5.80. The quantitative estimate of drug-likeness (QED) is 0.839. The fourth-order valence-electron chi connectivity index (χ4n) is 4.60. The molecule has 2 aliphatic heterocycles. The number of nitriles is 3. The van der Waals surface area contributed by atoms with Crippen molar-refractivity contribution in [3.8, 4) is 18.2 Å². The van der Waals surface area contributed by atoms with E-state index in [1.165, 1.54) is 18.2 Å². The molecule has 2 heterocycles. The lowest BCUT2D eigenvalue weighted by atomic mass is 9.52. The van der Waals surface area contributed by atoms with Gasteiger partial charge in [-0.05, 0) is 23.3 Å². The van der Waals surface area contributed by atoms with E-state index in [9.17, 15) is 20.2 Å². The number of fused-ring (bicyclic) bond motifs is 2. The van der Waals surface area contributed by atoms with Gasteiger partial charge in [0.25, 0.3) is 0 Å². The minimum atomic E-state index is -2.14. The van der Waals surface area contributed by atoms with Gasteiger partial charge in [-0.25, -0.2) is 4.39 Å². The van der Waals surface area contributed by atoms with E-state index in [4.69, 9.17) is 14.9 Å². The molecule has 29 heavy (non-hydrogen) atoms. The van der Waals surface area contributed by atoms with Crippen molar-refractivity contribution < 1.29 is 13.9 Å². The molecular formula is C22H15FN4O2. The highest BCUT2D eigenvalue weighted by Crippen LogP contribution is 2.69. The normalized spacial score (nSPS) is 31.8. The first-order chi connectivity index (χ1) is 13.9. The van der Waals surface area contributed by atoms with Gasteiger partial charge in [0.2, 0.25) is 17.1 Å². The van der Waals surface area contributed by atoms with Gasteiger partial charge >= 0.3 is 0 Å². The van der Waals surface area contributed by atoms with E-state index in [0.717, 1.165) is 6.07 Å². The topological polar surface area (TPSA) is 114 Å². The Balaban J connectivity index is 2.05. The molecule has 2 saturated heterocycles. The molecule has 1 N–H and O–H groups in total. The van der Waals surface area contributed by atoms with Crippen molar-refractivity contribution in [2.75, 3.05) is 0 Å². The van der Waals surface area contributed by atoms with E-state index in [0.29, 0.717) is 5.56 Å². The Kier molecular flexibility index (Phi) is 3.94. The lowest BCUT2D eigenvalue weighted by Gasteiger charge is -2.48. The first kappa shape index (κ1) is 18.6. The van der Waals surface area contributed by atoms with Gasteiger partial charge in [-0.1, -0.05) is 42.5 Å². The lowest BCUT2D eigenvalue weighted by molar-refractivity contribution is -0.253. The number of nitrogens with zero attached hydrogens (tertiary/aromatic N) is 3. The fourth-order valence-corrected chi connectivity index (χ4v) is 4.60. The van der Waals surface area contributed by atoms with E-state index in [-0.39, 0.29) is 5.56 Å². The van der Waals surface area contributed by atoms with Gasteiger partial charge in [-0.3, -0.25) is 5.41 Å². The van der Waals surface area contributed by atoms with Crippen molar-refractivity contribution in [1.82, 2.24) is 0 Å². The Morgan fingerprint density at radius 2 is 1.62 bits per heavy atom. The number of benzene rings is 2. The molecule has 0 spiro atoms. The summed E-state index contributed by atoms with van der Waals surface area (Å²) >= 11 is 0. The van der Waals surface area contributed by atoms with Gasteiger partial charge in [0.1, 0.15) is 11.9 Å². The van der Waals surface area contributed by atoms with Crippen LogP contribution in [0.3, 0.4) is 0 Å². The van der Waals surface area contributed by atoms with Crippen molar-refractivity contribution in [2.24, 2.45) is 10.8 Å². The molecule has 0 saturated carbocycles. The molecule has 2 aliphatic rings. The summed E-state index contributed by atoms with van der Waals surface area (Å²) in [7, 11) is 0. The van der Waals surface area contributed by atoms with E-state index in [2.05, 4.69) is 6.07 Å². The minimum absolute atomic E-state index is 0.226. The van der Waals surface area contributed by atoms with Crippen molar-refractivity contribution in [3.63, 3.8) is 0 Å². The fraction of sp³-hybridized carbons (Fsp3) is 0.273. The Bertz CT molecular complexity index is 1120. The van der Waals surface area contributed by atoms with Crippen molar-refractivity contribution in [1.29, 1.82) is 21.2 Å². The second kappa shape index (κ2) is 6.14. The summed E-state index contributed by atoms with van der Waals surface area (Å²) in [6, 6.07) is 20.1. The number of halogens is 1. The van der Waals surface area contributed by atoms with Gasteiger partial charge < -0.3 is 9.47 Å². The van der Waals surface area contributed by atoms with Gasteiger partial charge in [-0.2, -0.15) is 15.8 Å². The second-order valence-electron chi connectivity index (χ2n) is 7.30. The van der Waals surface area contributed by atoms with Crippen LogP contribution in [0.4, 0.5) is 4.39 Å². The number of nitrogens with one attached hydrogen (secondary N) is 1. The summed E-state index contributed by atoms with van der Waals surface area (Å²) in [5.74, 6) is -3.47. The zero-order valence-corrected chi connectivity index (χ0v) is 15.4. The molecule has 2 aromatic carbocycles. The average Bonchev–Trinajstić information content (AvgIpc) is 2.91. The van der Waals surface area contributed by atoms with Crippen molar-refractivity contribution in [3.05, 3.63) is 71.5 Å². The number of hydrogen-bond acceptors (Lipinski definition) is 6. The second-order valence-corrected chi connectivity index (χ2v) is 7.30. The Hall–Kier alpha value is -3.73. The SMILES string of the molecule is C[C@]12OC(=N)[C@@](C#N)([C@@H]1c1ccccc1)C(C#N)(C#N)[C@@H](c1cccc(F)c1)O2. The molecule has 4 rings (SSSR count). The van der Waals surface area contributed by atoms with Crippen LogP contribution < -0.4 is 0 Å². The largest absolute Gasteiger partial charge is 0.447 e. The van der Waals surface area contributed by atoms with E-state index in [1.807, 2.05) is 12.1 Å². The van der Waals surface area contributed by atoms with Crippen LogP contribution >= 0.6 is 0 Å². The summed E-state index contributed by atoms with van der Waals surface area (Å²) in [6.45, 7) is 1.57. The maximum absolute atomic E-state index is 13.9. The molecule has 4 atom stereocenters. The number of rotatable bonds is 2. The predicted molar refractivity (Wildman–Crippen MR) is 98.3 cm³/mol. The Morgan fingerprint density at radius 1 is 0.966 bits per heavy atom. The maximum Gasteiger partial charge on any atom is 0.218 e. The van der Waals surface area contributed by atoms with E-state index >= 15 is 0 Å². The molecular weight excluding hydrogens is 371 g/mol. The zero-order chi connectivity index (χ0) is 20.9. The van der Waals surface area contributed by atoms with Crippen LogP contribution in [-0.4, -0.2) is 11.7 Å². The Labute approximate surface area is 166 Å². The highest BCUT2D eigenvalue weighted by Gasteiger charge is 2.79. The lowest BCUT2D eigenvalue weighted by Crippen LogP contribution is -2.57. The molecule has 7 heteroatoms. The zero-order valence-electron chi connectivity index (χ0n) is 15.4. The van der Waals surface area contributed by atoms with Crippen LogP contribution in [0.5, 0.6) is 0 Å². The molecule has 6 nitrogen and oxygen atoms in total. The summed E-state index contributed by atoms with van der Waals surface area (Å²) in [6.07, 6.45) is -1.29. The molecule has 0 aliphatic carbocycles. The van der Waals surface area contributed by atoms with E-state index < -0.39 is 40.4 Å². The number of hydrogen-bond donors (Lipinski definition) is 1. The maximum atomic E-state index is 13.9. The summed E-state index contributed by atoms with van der Waals surface area (Å²) in [5.41, 5.74) is -3.25. The van der Waals surface area contributed by atoms with Crippen molar-refractivity contribution >= 4 is 5.90 Å². The monoisotopic (exact) mass is 386 g/mol. The van der Waals surface area contributed by atoms with Gasteiger partial charge in [-0.15, -0.1) is 0 Å². The van der Waals surface area contributed by atoms with Gasteiger partial charge in [0, 0.05) is 6.92 Å². The predicted octanol–water partition coefficient (Wildman–Crippen LogP) is 3.95. The molecule has 2 fully saturated rings. The molecule has 2 bridgehead atoms. The molecule has 0 aromatic heterocycles. The standard InChI is InChI=1S/C22H15FN4O2/c1-20-17(14-6-3-2-4-7-14)22(13-26,19(27)29-20)21(11-24,12-25)18(28-20)15-8-5-9-16(23)10-15/h2-10,17-18,27H,1H3/t17-,18-,20+,22-/m1/s1. The van der Waals surface area contributed by atoms with E-state index in [1.54, 1.807) is 37.3 Å². The summed E-state index contributed by atoms with van der Waals surface area (Å²) < 4.78 is 25.8. The third kappa shape index (κ3) is 2.18. The highest BCUT2D eigenvalue weighted by molar-refractivity contribution is 5.90. The summed E-state index contributed by atoms with van der Waals surface area (Å²) in [5, 5.41) is 39.1. The molecule has 142 valence electrons. The number of ether oxygens (including phenoxy) is 2. The van der Waals surface area contributed by atoms with Gasteiger partial charge in [0.05, 0.1) is 24.1 Å². The van der Waals surface area contributed by atoms with Crippen LogP contribution in [-0.2, 0) is 9.47 Å². The van der Waals surface area contributed by atoms with Crippen molar-refractivity contribution in [2.45, 2.75) is 24.7 Å². The molecule has 0 unspecified atom stereocenters.